The zero-order valence-electron chi connectivity index (χ0n) is 17.8. The van der Waals surface area contributed by atoms with Gasteiger partial charge in [-0.25, -0.2) is 8.42 Å². The maximum absolute atomic E-state index is 13.2. The van der Waals surface area contributed by atoms with Crippen molar-refractivity contribution in [3.8, 4) is 0 Å². The maximum atomic E-state index is 13.2. The largest absolute Gasteiger partial charge is 0.416 e. The number of methoxy groups -OCH3 is 1. The van der Waals surface area contributed by atoms with Gasteiger partial charge in [0.25, 0.3) is 0 Å². The van der Waals surface area contributed by atoms with Gasteiger partial charge in [-0.15, -0.1) is 0 Å². The number of ether oxygens (including phenoxy) is 1. The van der Waals surface area contributed by atoms with Crippen molar-refractivity contribution in [2.24, 2.45) is 0 Å². The molecule has 1 unspecified atom stereocenters. The molecule has 174 valence electrons. The molecule has 3 rings (SSSR count). The Morgan fingerprint density at radius 2 is 1.91 bits per heavy atom. The predicted octanol–water partition coefficient (Wildman–Crippen LogP) is 3.71. The number of nitrogens with zero attached hydrogens (tertiary/aromatic N) is 2. The number of para-hydroxylation sites is 1. The van der Waals surface area contributed by atoms with Crippen LogP contribution in [0.4, 0.5) is 18.9 Å². The van der Waals surface area contributed by atoms with E-state index in [2.05, 4.69) is 0 Å². The van der Waals surface area contributed by atoms with E-state index in [-0.39, 0.29) is 25.6 Å². The lowest BCUT2D eigenvalue weighted by Crippen LogP contribution is -2.45. The molecule has 2 aromatic carbocycles. The summed E-state index contributed by atoms with van der Waals surface area (Å²) in [7, 11) is -2.90. The molecular weight excluding hydrogens is 445 g/mol. The highest BCUT2D eigenvalue weighted by Crippen LogP contribution is 2.33. The number of anilines is 1. The normalized spacial score (nSPS) is 16.4. The lowest BCUT2D eigenvalue weighted by atomic mass is 10.1. The minimum atomic E-state index is -4.68. The van der Waals surface area contributed by atoms with Gasteiger partial charge in [0.1, 0.15) is 0 Å². The second-order valence-corrected chi connectivity index (χ2v) is 9.59. The first-order valence-corrected chi connectivity index (χ1v) is 11.6. The highest BCUT2D eigenvalue weighted by molar-refractivity contribution is 7.89. The van der Waals surface area contributed by atoms with Crippen molar-refractivity contribution in [1.29, 1.82) is 0 Å². The third-order valence-electron chi connectivity index (χ3n) is 5.34. The second kappa shape index (κ2) is 9.60. The smallest absolute Gasteiger partial charge is 0.385 e. The number of rotatable bonds is 8. The van der Waals surface area contributed by atoms with Gasteiger partial charge in [0.15, 0.2) is 0 Å². The van der Waals surface area contributed by atoms with E-state index in [0.717, 1.165) is 33.8 Å². The average molecular weight is 471 g/mol. The number of hydrogen-bond acceptors (Lipinski definition) is 4. The molecule has 32 heavy (non-hydrogen) atoms. The standard InChI is InChI=1S/C22H25F3N2O4S/c1-16-13-17-7-3-4-10-20(17)27(16)21(28)15-26(11-6-12-31-2)32(29,30)19-9-5-8-18(14-19)22(23,24)25/h3-5,7-10,14,16H,6,11-13,15H2,1-2H3. The van der Waals surface area contributed by atoms with E-state index in [0.29, 0.717) is 12.5 Å². The van der Waals surface area contributed by atoms with Crippen molar-refractivity contribution in [3.63, 3.8) is 0 Å². The summed E-state index contributed by atoms with van der Waals surface area (Å²) >= 11 is 0. The van der Waals surface area contributed by atoms with Crippen LogP contribution in [0.1, 0.15) is 24.5 Å². The third kappa shape index (κ3) is 5.13. The van der Waals surface area contributed by atoms with Crippen LogP contribution in [0.15, 0.2) is 53.4 Å². The molecule has 1 aliphatic rings. The number of carbonyl (C=O) groups is 1. The Kier molecular flexibility index (Phi) is 7.26. The molecule has 0 fully saturated rings. The first-order valence-electron chi connectivity index (χ1n) is 10.1. The summed E-state index contributed by atoms with van der Waals surface area (Å²) in [5.41, 5.74) is 0.641. The van der Waals surface area contributed by atoms with Crippen LogP contribution in [0.3, 0.4) is 0 Å². The Labute approximate surface area is 185 Å². The van der Waals surface area contributed by atoms with E-state index >= 15 is 0 Å². The van der Waals surface area contributed by atoms with Gasteiger partial charge in [-0.1, -0.05) is 24.3 Å². The van der Waals surface area contributed by atoms with Crippen LogP contribution >= 0.6 is 0 Å². The maximum Gasteiger partial charge on any atom is 0.416 e. The number of amides is 1. The molecule has 6 nitrogen and oxygen atoms in total. The monoisotopic (exact) mass is 470 g/mol. The molecule has 0 saturated heterocycles. The number of sulfonamides is 1. The summed E-state index contributed by atoms with van der Waals surface area (Å²) in [6, 6.07) is 10.8. The van der Waals surface area contributed by atoms with Crippen molar-refractivity contribution in [2.45, 2.75) is 36.9 Å². The van der Waals surface area contributed by atoms with Crippen LogP contribution in [0.2, 0.25) is 0 Å². The molecule has 0 aliphatic carbocycles. The molecule has 0 spiro atoms. The number of halogens is 3. The number of carbonyl (C=O) groups excluding carboxylic acids is 1. The van der Waals surface area contributed by atoms with Crippen LogP contribution in [-0.4, -0.2) is 51.5 Å². The van der Waals surface area contributed by atoms with Crippen molar-refractivity contribution >= 4 is 21.6 Å². The first kappa shape index (κ1) is 24.2. The minimum Gasteiger partial charge on any atom is -0.385 e. The number of fused-ring (bicyclic) bond motifs is 1. The summed E-state index contributed by atoms with van der Waals surface area (Å²) in [5, 5.41) is 0. The third-order valence-corrected chi connectivity index (χ3v) is 7.18. The molecule has 0 saturated carbocycles. The van der Waals surface area contributed by atoms with Gasteiger partial charge in [-0.2, -0.15) is 17.5 Å². The summed E-state index contributed by atoms with van der Waals surface area (Å²) in [6.45, 7) is 1.56. The highest BCUT2D eigenvalue weighted by Gasteiger charge is 2.36. The lowest BCUT2D eigenvalue weighted by molar-refractivity contribution is -0.137. The minimum absolute atomic E-state index is 0.0674. The molecule has 1 aliphatic heterocycles. The Bertz CT molecular complexity index is 1070. The Balaban J connectivity index is 1.90. The van der Waals surface area contributed by atoms with Gasteiger partial charge >= 0.3 is 6.18 Å². The van der Waals surface area contributed by atoms with Crippen molar-refractivity contribution in [3.05, 3.63) is 59.7 Å². The average Bonchev–Trinajstić information content (AvgIpc) is 3.08. The van der Waals surface area contributed by atoms with Gasteiger partial charge < -0.3 is 9.64 Å². The van der Waals surface area contributed by atoms with E-state index in [1.807, 2.05) is 19.1 Å². The molecule has 1 atom stereocenters. The van der Waals surface area contributed by atoms with Crippen LogP contribution in [0, 0.1) is 0 Å². The molecule has 0 bridgehead atoms. The van der Waals surface area contributed by atoms with E-state index in [1.165, 1.54) is 7.11 Å². The van der Waals surface area contributed by atoms with Gasteiger partial charge in [0.2, 0.25) is 15.9 Å². The molecule has 0 radical (unpaired) electrons. The van der Waals surface area contributed by atoms with Gasteiger partial charge in [0, 0.05) is 32.0 Å². The zero-order valence-corrected chi connectivity index (χ0v) is 18.6. The quantitative estimate of drug-likeness (QED) is 0.552. The molecule has 10 heteroatoms. The van der Waals surface area contributed by atoms with E-state index in [9.17, 15) is 26.4 Å². The molecule has 1 amide bonds. The summed E-state index contributed by atoms with van der Waals surface area (Å²) in [5.74, 6) is -0.435. The van der Waals surface area contributed by atoms with Gasteiger partial charge in [-0.3, -0.25) is 4.79 Å². The molecule has 0 N–H and O–H groups in total. The Morgan fingerprint density at radius 1 is 1.19 bits per heavy atom. The van der Waals surface area contributed by atoms with E-state index < -0.39 is 39.1 Å². The number of hydrogen-bond donors (Lipinski definition) is 0. The Hall–Kier alpha value is -2.43. The molecule has 1 heterocycles. The summed E-state index contributed by atoms with van der Waals surface area (Å²) in [6.07, 6.45) is -3.75. The van der Waals surface area contributed by atoms with Gasteiger partial charge in [0.05, 0.1) is 17.0 Å². The van der Waals surface area contributed by atoms with Gasteiger partial charge in [-0.05, 0) is 49.6 Å². The first-order chi connectivity index (χ1) is 15.1. The van der Waals surface area contributed by atoms with E-state index in [4.69, 9.17) is 4.74 Å². The van der Waals surface area contributed by atoms with Crippen molar-refractivity contribution in [1.82, 2.24) is 4.31 Å². The number of alkyl halides is 3. The summed E-state index contributed by atoms with van der Waals surface area (Å²) < 4.78 is 71.7. The zero-order chi connectivity index (χ0) is 23.5. The van der Waals surface area contributed by atoms with Crippen LogP contribution in [0.5, 0.6) is 0 Å². The summed E-state index contributed by atoms with van der Waals surface area (Å²) in [4.78, 5) is 14.2. The topological polar surface area (TPSA) is 66.9 Å². The predicted molar refractivity (Wildman–Crippen MR) is 114 cm³/mol. The van der Waals surface area contributed by atoms with Crippen LogP contribution in [-0.2, 0) is 32.2 Å². The molecular formula is C22H25F3N2O4S. The van der Waals surface area contributed by atoms with E-state index in [1.54, 1.807) is 17.0 Å². The highest BCUT2D eigenvalue weighted by atomic mass is 32.2. The van der Waals surface area contributed by atoms with Crippen molar-refractivity contribution in [2.75, 3.05) is 31.7 Å². The SMILES string of the molecule is COCCCN(CC(=O)N1c2ccccc2CC1C)S(=O)(=O)c1cccc(C(F)(F)F)c1. The fourth-order valence-corrected chi connectivity index (χ4v) is 5.30. The number of benzene rings is 2. The molecule has 2 aromatic rings. The fourth-order valence-electron chi connectivity index (χ4n) is 3.82. The van der Waals surface area contributed by atoms with Crippen molar-refractivity contribution < 1.29 is 31.1 Å². The Morgan fingerprint density at radius 3 is 2.59 bits per heavy atom. The molecule has 0 aromatic heterocycles. The van der Waals surface area contributed by atoms with Crippen LogP contribution in [0.25, 0.3) is 0 Å². The fraction of sp³-hybridized carbons (Fsp3) is 0.409. The van der Waals surface area contributed by atoms with Crippen LogP contribution < -0.4 is 4.90 Å². The lowest BCUT2D eigenvalue weighted by Gasteiger charge is -2.27. The second-order valence-electron chi connectivity index (χ2n) is 7.66.